The van der Waals surface area contributed by atoms with Gasteiger partial charge < -0.3 is 40.2 Å². The Kier molecular flexibility index (Phi) is 11.8. The maximum absolute atomic E-state index is 13.5. The fourth-order valence-electron chi connectivity index (χ4n) is 6.71. The van der Waals surface area contributed by atoms with E-state index in [0.29, 0.717) is 56.9 Å². The van der Waals surface area contributed by atoms with Gasteiger partial charge in [0.25, 0.3) is 23.6 Å². The topological polar surface area (TPSA) is 194 Å². The first-order valence-corrected chi connectivity index (χ1v) is 19.6. The molecule has 4 aliphatic rings. The normalized spacial score (nSPS) is 17.2. The molecule has 4 N–H and O–H groups in total. The molecule has 58 heavy (non-hydrogen) atoms. The Labute approximate surface area is 348 Å². The first-order chi connectivity index (χ1) is 27.9. The van der Waals surface area contributed by atoms with Crippen LogP contribution in [-0.2, 0) is 19.2 Å². The number of fused-ring (bicyclic) bond motifs is 4. The highest BCUT2D eigenvalue weighted by atomic mass is 79.9. The molecule has 0 bridgehead atoms. The van der Waals surface area contributed by atoms with Gasteiger partial charge in [0.1, 0.15) is 36.2 Å². The number of anilines is 4. The molecule has 4 aromatic carbocycles. The van der Waals surface area contributed by atoms with Gasteiger partial charge in [0.2, 0.25) is 11.8 Å². The quantitative estimate of drug-likeness (QED) is 0.212. The van der Waals surface area contributed by atoms with Crippen LogP contribution in [0, 0.1) is 0 Å². The largest absolute Gasteiger partial charge is 0.489 e. The summed E-state index contributed by atoms with van der Waals surface area (Å²) >= 11 is 6.81. The van der Waals surface area contributed by atoms with Crippen LogP contribution in [0.15, 0.2) is 81.7 Å². The summed E-state index contributed by atoms with van der Waals surface area (Å²) in [5.41, 5.74) is 2.78. The zero-order chi connectivity index (χ0) is 41.1. The number of benzene rings is 4. The summed E-state index contributed by atoms with van der Waals surface area (Å²) in [7, 11) is 3.10. The molecule has 16 nitrogen and oxygen atoms in total. The van der Waals surface area contributed by atoms with E-state index in [0.717, 1.165) is 8.95 Å². The molecule has 0 spiro atoms. The van der Waals surface area contributed by atoms with Gasteiger partial charge in [-0.2, -0.15) is 0 Å². The number of nitrogens with zero attached hydrogens (tertiary/aromatic N) is 2. The lowest BCUT2D eigenvalue weighted by Gasteiger charge is -2.37. The van der Waals surface area contributed by atoms with Crippen molar-refractivity contribution in [2.45, 2.75) is 24.9 Å². The van der Waals surface area contributed by atoms with Gasteiger partial charge in [0, 0.05) is 34.2 Å². The molecule has 4 aliphatic heterocycles. The fourth-order valence-corrected chi connectivity index (χ4v) is 7.39. The molecular weight excluding hydrogens is 884 g/mol. The number of halogens is 2. The van der Waals surface area contributed by atoms with Gasteiger partial charge in [-0.15, -0.1) is 0 Å². The first kappa shape index (κ1) is 40.1. The second-order valence-electron chi connectivity index (χ2n) is 13.4. The molecule has 0 saturated carbocycles. The molecule has 0 radical (unpaired) electrons. The van der Waals surface area contributed by atoms with Gasteiger partial charge in [-0.1, -0.05) is 31.9 Å². The van der Waals surface area contributed by atoms with Gasteiger partial charge >= 0.3 is 0 Å². The van der Waals surface area contributed by atoms with E-state index in [1.807, 2.05) is 12.1 Å². The molecule has 0 saturated heterocycles. The Bertz CT molecular complexity index is 2180. The molecular formula is C40H36Br2N6O10. The average molecular weight is 921 g/mol. The molecule has 18 heteroatoms. The third-order valence-corrected chi connectivity index (χ3v) is 10.5. The van der Waals surface area contributed by atoms with E-state index in [9.17, 15) is 28.8 Å². The van der Waals surface area contributed by atoms with Crippen LogP contribution < -0.4 is 50.0 Å². The monoisotopic (exact) mass is 918 g/mol. The Morgan fingerprint density at radius 1 is 0.603 bits per heavy atom. The Hall–Kier alpha value is -6.14. The molecule has 2 atom stereocenters. The smallest absolute Gasteiger partial charge is 0.262 e. The van der Waals surface area contributed by atoms with E-state index in [-0.39, 0.29) is 74.7 Å². The van der Waals surface area contributed by atoms with Crippen molar-refractivity contribution < 1.29 is 47.7 Å². The minimum absolute atomic E-state index is 0.0553. The lowest BCUT2D eigenvalue weighted by Crippen LogP contribution is -2.49. The van der Waals surface area contributed by atoms with E-state index < -0.39 is 12.1 Å². The predicted molar refractivity (Wildman–Crippen MR) is 219 cm³/mol. The van der Waals surface area contributed by atoms with Crippen molar-refractivity contribution in [2.75, 3.05) is 61.0 Å². The second-order valence-corrected chi connectivity index (χ2v) is 15.2. The van der Waals surface area contributed by atoms with Crippen LogP contribution in [0.2, 0.25) is 0 Å². The van der Waals surface area contributed by atoms with Gasteiger partial charge in [0.15, 0.2) is 13.2 Å². The number of rotatable bonds is 6. The van der Waals surface area contributed by atoms with Crippen molar-refractivity contribution in [3.63, 3.8) is 0 Å². The first-order valence-electron chi connectivity index (χ1n) is 18.0. The van der Waals surface area contributed by atoms with Crippen molar-refractivity contribution in [3.8, 4) is 23.0 Å². The van der Waals surface area contributed by atoms with Gasteiger partial charge in [-0.3, -0.25) is 38.6 Å². The number of hydrogen-bond acceptors (Lipinski definition) is 10. The molecule has 4 heterocycles. The number of carbonyl (C=O) groups excluding carboxylic acids is 6. The van der Waals surface area contributed by atoms with E-state index >= 15 is 0 Å². The van der Waals surface area contributed by atoms with Crippen LogP contribution in [0.3, 0.4) is 0 Å². The van der Waals surface area contributed by atoms with Crippen LogP contribution >= 0.6 is 31.9 Å². The van der Waals surface area contributed by atoms with E-state index in [2.05, 4.69) is 53.1 Å². The molecule has 4 aromatic rings. The zero-order valence-corrected chi connectivity index (χ0v) is 34.2. The molecule has 0 fully saturated rings. The maximum atomic E-state index is 13.5. The minimum Gasteiger partial charge on any atom is -0.489 e. The predicted octanol–water partition coefficient (Wildman–Crippen LogP) is 4.65. The summed E-state index contributed by atoms with van der Waals surface area (Å²) in [6.07, 6.45) is 0.199. The minimum atomic E-state index is -0.474. The van der Waals surface area contributed by atoms with Crippen molar-refractivity contribution >= 4 is 90.1 Å². The maximum Gasteiger partial charge on any atom is 0.262 e. The van der Waals surface area contributed by atoms with Crippen LogP contribution in [0.25, 0.3) is 0 Å². The molecule has 8 rings (SSSR count). The fraction of sp³-hybridized carbons (Fsp3) is 0.250. The molecule has 0 aromatic heterocycles. The van der Waals surface area contributed by atoms with Gasteiger partial charge in [0.05, 0.1) is 47.7 Å². The van der Waals surface area contributed by atoms with Crippen LogP contribution in [0.4, 0.5) is 22.7 Å². The number of nitrogens with one attached hydrogen (secondary N) is 4. The van der Waals surface area contributed by atoms with Crippen LogP contribution in [-0.4, -0.2) is 88.0 Å². The van der Waals surface area contributed by atoms with E-state index in [1.54, 1.807) is 84.6 Å². The summed E-state index contributed by atoms with van der Waals surface area (Å²) in [6, 6.07) is 19.5. The summed E-state index contributed by atoms with van der Waals surface area (Å²) in [6.45, 7) is 0.265. The lowest BCUT2D eigenvalue weighted by atomic mass is 10.0. The number of carbonyl (C=O) groups is 6. The Morgan fingerprint density at radius 3 is 1.41 bits per heavy atom. The second kappa shape index (κ2) is 17.2. The lowest BCUT2D eigenvalue weighted by molar-refractivity contribution is -0.121. The number of ether oxygens (including phenoxy) is 4. The Morgan fingerprint density at radius 2 is 1.02 bits per heavy atom. The van der Waals surface area contributed by atoms with E-state index in [1.165, 1.54) is 0 Å². The highest BCUT2D eigenvalue weighted by molar-refractivity contribution is 9.10. The summed E-state index contributed by atoms with van der Waals surface area (Å²) in [5, 5.41) is 10.6. The standard InChI is InChI=1S/2C20H18BrN3O5/c2*1-22-18(25)8-13-9-28-17-7-12(21)3-4-15(17)24(13)20(27)11-2-5-16-14(6-11)23-19(26)10-29-16/h2*2-7,13H,8-10H2,1H3,(H,22,25)(H,23,26)/t13-;/m0./s1. The van der Waals surface area contributed by atoms with Crippen molar-refractivity contribution in [2.24, 2.45) is 0 Å². The third kappa shape index (κ3) is 8.57. The van der Waals surface area contributed by atoms with Crippen molar-refractivity contribution in [3.05, 3.63) is 92.9 Å². The molecule has 1 unspecified atom stereocenters. The number of hydrogen-bond donors (Lipinski definition) is 4. The van der Waals surface area contributed by atoms with Crippen molar-refractivity contribution in [1.29, 1.82) is 0 Å². The van der Waals surface area contributed by atoms with Crippen LogP contribution in [0.5, 0.6) is 23.0 Å². The average Bonchev–Trinajstić information content (AvgIpc) is 3.22. The molecule has 6 amide bonds. The summed E-state index contributed by atoms with van der Waals surface area (Å²) in [4.78, 5) is 77.3. The highest BCUT2D eigenvalue weighted by Crippen LogP contribution is 2.40. The zero-order valence-electron chi connectivity index (χ0n) is 31.1. The summed E-state index contributed by atoms with van der Waals surface area (Å²) < 4.78 is 24.0. The highest BCUT2D eigenvalue weighted by Gasteiger charge is 2.36. The molecule has 300 valence electrons. The summed E-state index contributed by atoms with van der Waals surface area (Å²) in [5.74, 6) is 0.588. The van der Waals surface area contributed by atoms with Crippen LogP contribution in [0.1, 0.15) is 33.6 Å². The molecule has 0 aliphatic carbocycles. The van der Waals surface area contributed by atoms with E-state index in [4.69, 9.17) is 18.9 Å². The number of amides is 6. The van der Waals surface area contributed by atoms with Gasteiger partial charge in [-0.05, 0) is 72.8 Å². The SMILES string of the molecule is CNC(=O)CC1COc2cc(Br)ccc2N1C(=O)c1ccc2c(c1)NC(=O)CO2.CNC(=O)C[C@H]1COc2cc(Br)ccc2N1C(=O)c1ccc2c(c1)NC(=O)CO2. The van der Waals surface area contributed by atoms with Gasteiger partial charge in [-0.25, -0.2) is 0 Å². The Balaban J connectivity index is 0.000000177. The van der Waals surface area contributed by atoms with Crippen molar-refractivity contribution in [1.82, 2.24) is 10.6 Å². The third-order valence-electron chi connectivity index (χ3n) is 9.51.